The van der Waals surface area contributed by atoms with E-state index in [2.05, 4.69) is 9.97 Å². The molecule has 1 aromatic carbocycles. The molecule has 0 spiro atoms. The van der Waals surface area contributed by atoms with E-state index in [1.54, 1.807) is 6.07 Å². The van der Waals surface area contributed by atoms with Gasteiger partial charge in [0.05, 0.1) is 12.2 Å². The Labute approximate surface area is 117 Å². The number of anilines is 2. The highest BCUT2D eigenvalue weighted by molar-refractivity contribution is 5.78. The number of hydrogen-bond donors (Lipinski definition) is 1. The number of hydrogen-bond acceptors (Lipinski definition) is 5. The minimum atomic E-state index is 0.564. The Bertz CT molecular complexity index is 750. The largest absolute Gasteiger partial charge is 0.423 e. The molecule has 102 valence electrons. The second-order valence-corrected chi connectivity index (χ2v) is 4.85. The Balaban J connectivity index is 1.86. The molecule has 20 heavy (non-hydrogen) atoms. The smallest absolute Gasteiger partial charge is 0.298 e. The van der Waals surface area contributed by atoms with Gasteiger partial charge in [0.25, 0.3) is 6.01 Å². The summed E-state index contributed by atoms with van der Waals surface area (Å²) in [6, 6.07) is 12.0. The normalized spacial score (nSPS) is 10.9. The Morgan fingerprint density at radius 2 is 2.05 bits per heavy atom. The Kier molecular flexibility index (Phi) is 3.02. The zero-order valence-electron chi connectivity index (χ0n) is 11.5. The van der Waals surface area contributed by atoms with E-state index in [-0.39, 0.29) is 0 Å². The van der Waals surface area contributed by atoms with Crippen molar-refractivity contribution >= 4 is 22.8 Å². The maximum atomic E-state index is 5.74. The van der Waals surface area contributed by atoms with Gasteiger partial charge in [-0.3, -0.25) is 4.98 Å². The molecule has 3 rings (SSSR count). The zero-order valence-corrected chi connectivity index (χ0v) is 11.5. The van der Waals surface area contributed by atoms with E-state index in [0.29, 0.717) is 23.8 Å². The average molecular weight is 268 g/mol. The fourth-order valence-electron chi connectivity index (χ4n) is 2.09. The third kappa shape index (κ3) is 2.42. The van der Waals surface area contributed by atoms with Crippen LogP contribution in [0.5, 0.6) is 0 Å². The molecular weight excluding hydrogens is 252 g/mol. The van der Waals surface area contributed by atoms with E-state index >= 15 is 0 Å². The molecule has 0 saturated carbocycles. The first kappa shape index (κ1) is 12.5. The third-order valence-electron chi connectivity index (χ3n) is 3.07. The van der Waals surface area contributed by atoms with E-state index in [4.69, 9.17) is 10.2 Å². The Morgan fingerprint density at radius 1 is 1.20 bits per heavy atom. The summed E-state index contributed by atoms with van der Waals surface area (Å²) >= 11 is 0. The van der Waals surface area contributed by atoms with Crippen LogP contribution in [0.3, 0.4) is 0 Å². The van der Waals surface area contributed by atoms with Gasteiger partial charge < -0.3 is 15.1 Å². The molecule has 0 amide bonds. The summed E-state index contributed by atoms with van der Waals surface area (Å²) in [5.41, 5.74) is 9.89. The first-order valence-corrected chi connectivity index (χ1v) is 6.41. The van der Waals surface area contributed by atoms with Gasteiger partial charge in [-0.1, -0.05) is 6.07 Å². The van der Waals surface area contributed by atoms with Gasteiger partial charge in [0, 0.05) is 24.5 Å². The Morgan fingerprint density at radius 3 is 2.85 bits per heavy atom. The molecule has 0 aliphatic heterocycles. The molecule has 2 N–H and O–H groups in total. The maximum absolute atomic E-state index is 5.74. The van der Waals surface area contributed by atoms with Crippen LogP contribution in [-0.2, 0) is 6.54 Å². The number of fused-ring (bicyclic) bond motifs is 1. The SMILES string of the molecule is Cc1cccc(CN(C)c2nc3ccc(N)cc3o2)n1. The van der Waals surface area contributed by atoms with Crippen molar-refractivity contribution in [3.8, 4) is 0 Å². The summed E-state index contributed by atoms with van der Waals surface area (Å²) in [6.45, 7) is 2.62. The number of nitrogen functional groups attached to an aromatic ring is 1. The summed E-state index contributed by atoms with van der Waals surface area (Å²) in [5, 5.41) is 0. The predicted octanol–water partition coefficient (Wildman–Crippen LogP) is 2.75. The van der Waals surface area contributed by atoms with Crippen molar-refractivity contribution in [1.29, 1.82) is 0 Å². The number of oxazole rings is 1. The fraction of sp³-hybridized carbons (Fsp3) is 0.200. The molecule has 5 nitrogen and oxygen atoms in total. The van der Waals surface area contributed by atoms with Crippen LogP contribution < -0.4 is 10.6 Å². The van der Waals surface area contributed by atoms with Gasteiger partial charge >= 0.3 is 0 Å². The summed E-state index contributed by atoms with van der Waals surface area (Å²) in [5.74, 6) is 0. The van der Waals surface area contributed by atoms with Crippen molar-refractivity contribution in [1.82, 2.24) is 9.97 Å². The molecule has 5 heteroatoms. The lowest BCUT2D eigenvalue weighted by atomic mass is 10.3. The minimum absolute atomic E-state index is 0.564. The number of benzene rings is 1. The van der Waals surface area contributed by atoms with Gasteiger partial charge in [-0.05, 0) is 31.2 Å². The lowest BCUT2D eigenvalue weighted by molar-refractivity contribution is 0.580. The second kappa shape index (κ2) is 4.85. The number of nitrogens with two attached hydrogens (primary N) is 1. The van der Waals surface area contributed by atoms with E-state index in [1.807, 2.05) is 49.2 Å². The van der Waals surface area contributed by atoms with Gasteiger partial charge in [-0.15, -0.1) is 0 Å². The summed E-state index contributed by atoms with van der Waals surface area (Å²) in [7, 11) is 1.93. The molecule has 0 unspecified atom stereocenters. The van der Waals surface area contributed by atoms with E-state index in [0.717, 1.165) is 16.9 Å². The van der Waals surface area contributed by atoms with E-state index in [9.17, 15) is 0 Å². The van der Waals surface area contributed by atoms with Crippen LogP contribution in [0.25, 0.3) is 11.1 Å². The summed E-state index contributed by atoms with van der Waals surface area (Å²) in [6.07, 6.45) is 0. The van der Waals surface area contributed by atoms with Gasteiger partial charge in [0.1, 0.15) is 5.52 Å². The van der Waals surface area contributed by atoms with Crippen LogP contribution >= 0.6 is 0 Å². The van der Waals surface area contributed by atoms with Crippen LogP contribution in [0.1, 0.15) is 11.4 Å². The highest BCUT2D eigenvalue weighted by Gasteiger charge is 2.11. The first-order valence-electron chi connectivity index (χ1n) is 6.41. The van der Waals surface area contributed by atoms with Gasteiger partial charge in [0.2, 0.25) is 0 Å². The molecule has 0 saturated heterocycles. The number of nitrogens with zero attached hydrogens (tertiary/aromatic N) is 3. The summed E-state index contributed by atoms with van der Waals surface area (Å²) in [4.78, 5) is 10.9. The zero-order chi connectivity index (χ0) is 14.1. The lowest BCUT2D eigenvalue weighted by Gasteiger charge is -2.13. The summed E-state index contributed by atoms with van der Waals surface area (Å²) < 4.78 is 5.72. The van der Waals surface area contributed by atoms with Crippen LogP contribution in [0.4, 0.5) is 11.7 Å². The van der Waals surface area contributed by atoms with Crippen molar-refractivity contribution in [2.24, 2.45) is 0 Å². The van der Waals surface area contributed by atoms with Gasteiger partial charge in [-0.2, -0.15) is 4.98 Å². The standard InChI is InChI=1S/C15H16N4O/c1-10-4-3-5-12(17-10)9-19(2)15-18-13-7-6-11(16)8-14(13)20-15/h3-8H,9,16H2,1-2H3. The quantitative estimate of drug-likeness (QED) is 0.740. The van der Waals surface area contributed by atoms with Crippen LogP contribution in [0.2, 0.25) is 0 Å². The van der Waals surface area contributed by atoms with E-state index < -0.39 is 0 Å². The van der Waals surface area contributed by atoms with Crippen LogP contribution in [0, 0.1) is 6.92 Å². The van der Waals surface area contributed by atoms with Crippen molar-refractivity contribution in [2.45, 2.75) is 13.5 Å². The van der Waals surface area contributed by atoms with Gasteiger partial charge in [0.15, 0.2) is 5.58 Å². The van der Waals surface area contributed by atoms with Crippen molar-refractivity contribution < 1.29 is 4.42 Å². The fourth-order valence-corrected chi connectivity index (χ4v) is 2.09. The number of pyridine rings is 1. The first-order chi connectivity index (χ1) is 9.61. The topological polar surface area (TPSA) is 68.2 Å². The number of aromatic nitrogens is 2. The monoisotopic (exact) mass is 268 g/mol. The van der Waals surface area contributed by atoms with Crippen molar-refractivity contribution in [2.75, 3.05) is 17.7 Å². The van der Waals surface area contributed by atoms with Crippen LogP contribution in [0.15, 0.2) is 40.8 Å². The maximum Gasteiger partial charge on any atom is 0.298 e. The number of rotatable bonds is 3. The molecule has 0 fully saturated rings. The highest BCUT2D eigenvalue weighted by atomic mass is 16.4. The molecule has 0 aliphatic rings. The molecule has 0 bridgehead atoms. The lowest BCUT2D eigenvalue weighted by Crippen LogP contribution is -2.17. The molecule has 0 aliphatic carbocycles. The number of aryl methyl sites for hydroxylation is 1. The van der Waals surface area contributed by atoms with Gasteiger partial charge in [-0.25, -0.2) is 0 Å². The Hall–Kier alpha value is -2.56. The van der Waals surface area contributed by atoms with Crippen molar-refractivity contribution in [3.63, 3.8) is 0 Å². The average Bonchev–Trinajstić information content (AvgIpc) is 2.81. The minimum Gasteiger partial charge on any atom is -0.423 e. The second-order valence-electron chi connectivity index (χ2n) is 4.85. The van der Waals surface area contributed by atoms with E-state index in [1.165, 1.54) is 0 Å². The molecule has 0 atom stereocenters. The molecule has 2 heterocycles. The van der Waals surface area contributed by atoms with Crippen LogP contribution in [-0.4, -0.2) is 17.0 Å². The molecule has 0 radical (unpaired) electrons. The predicted molar refractivity (Wildman–Crippen MR) is 79.5 cm³/mol. The highest BCUT2D eigenvalue weighted by Crippen LogP contribution is 2.23. The van der Waals surface area contributed by atoms with Crippen molar-refractivity contribution in [3.05, 3.63) is 47.8 Å². The molecule has 3 aromatic rings. The molecular formula is C15H16N4O. The third-order valence-corrected chi connectivity index (χ3v) is 3.07. The molecule has 2 aromatic heterocycles.